The summed E-state index contributed by atoms with van der Waals surface area (Å²) in [7, 11) is 0. The Morgan fingerprint density at radius 2 is 1.92 bits per heavy atom. The lowest BCUT2D eigenvalue weighted by atomic mass is 9.87. The molecular formula is C19H22F2N2O2. The van der Waals surface area contributed by atoms with Crippen LogP contribution < -0.4 is 5.32 Å². The summed E-state index contributed by atoms with van der Waals surface area (Å²) in [5.74, 6) is -0.384. The summed E-state index contributed by atoms with van der Waals surface area (Å²) in [4.78, 5) is 16.1. The van der Waals surface area contributed by atoms with Gasteiger partial charge in [-0.2, -0.15) is 0 Å². The molecule has 0 saturated heterocycles. The molecule has 134 valence electrons. The number of oxazole rings is 1. The Hall–Kier alpha value is -2.24. The Labute approximate surface area is 145 Å². The Morgan fingerprint density at radius 3 is 2.60 bits per heavy atom. The standard InChI is InChI=1S/C19H22F2N2O2/c1-12-5-7-13(8-6-12)23-17(24)9-10-18-22-11-16(25-18)19-14(20)3-2-4-15(19)21/h2-4,11-13H,5-10H2,1H3,(H,23,24). The van der Waals surface area contributed by atoms with Gasteiger partial charge < -0.3 is 9.73 Å². The van der Waals surface area contributed by atoms with E-state index in [1.165, 1.54) is 24.4 Å². The van der Waals surface area contributed by atoms with E-state index in [1.807, 2.05) is 0 Å². The monoisotopic (exact) mass is 348 g/mol. The molecule has 0 unspecified atom stereocenters. The number of halogens is 2. The van der Waals surface area contributed by atoms with Crippen molar-refractivity contribution in [3.05, 3.63) is 41.9 Å². The fourth-order valence-electron chi connectivity index (χ4n) is 3.20. The normalized spacial score (nSPS) is 20.4. The molecule has 0 aliphatic heterocycles. The zero-order valence-corrected chi connectivity index (χ0v) is 14.2. The fourth-order valence-corrected chi connectivity index (χ4v) is 3.20. The van der Waals surface area contributed by atoms with Gasteiger partial charge in [0.05, 0.1) is 11.8 Å². The lowest BCUT2D eigenvalue weighted by Gasteiger charge is -2.26. The third kappa shape index (κ3) is 4.44. The van der Waals surface area contributed by atoms with Gasteiger partial charge in [0.15, 0.2) is 11.7 Å². The number of hydrogen-bond donors (Lipinski definition) is 1. The van der Waals surface area contributed by atoms with Crippen LogP contribution in [0.5, 0.6) is 0 Å². The molecule has 1 aliphatic rings. The molecule has 0 atom stereocenters. The molecule has 0 spiro atoms. The number of rotatable bonds is 5. The van der Waals surface area contributed by atoms with Crippen LogP contribution in [-0.2, 0) is 11.2 Å². The van der Waals surface area contributed by atoms with Gasteiger partial charge in [-0.25, -0.2) is 13.8 Å². The Balaban J connectivity index is 1.54. The fraction of sp³-hybridized carbons (Fsp3) is 0.474. The van der Waals surface area contributed by atoms with Gasteiger partial charge in [-0.05, 0) is 43.7 Å². The molecule has 1 N–H and O–H groups in total. The SMILES string of the molecule is CC1CCC(NC(=O)CCc2ncc(-c3c(F)cccc3F)o2)CC1. The molecule has 1 fully saturated rings. The van der Waals surface area contributed by atoms with Crippen molar-refractivity contribution in [2.45, 2.75) is 51.5 Å². The Bertz CT molecular complexity index is 717. The van der Waals surface area contributed by atoms with E-state index < -0.39 is 11.6 Å². The van der Waals surface area contributed by atoms with Crippen LogP contribution in [0.2, 0.25) is 0 Å². The zero-order chi connectivity index (χ0) is 17.8. The molecule has 1 amide bonds. The predicted octanol–water partition coefficient (Wildman–Crippen LogP) is 4.25. The highest BCUT2D eigenvalue weighted by molar-refractivity contribution is 5.76. The molecule has 2 aromatic rings. The van der Waals surface area contributed by atoms with E-state index in [4.69, 9.17) is 4.42 Å². The van der Waals surface area contributed by atoms with Crippen LogP contribution in [0.1, 0.15) is 44.9 Å². The average Bonchev–Trinajstić information content (AvgIpc) is 3.04. The van der Waals surface area contributed by atoms with E-state index in [0.717, 1.165) is 31.6 Å². The van der Waals surface area contributed by atoms with Crippen molar-refractivity contribution >= 4 is 5.91 Å². The maximum atomic E-state index is 13.8. The van der Waals surface area contributed by atoms with Crippen LogP contribution in [0, 0.1) is 17.6 Å². The van der Waals surface area contributed by atoms with E-state index in [9.17, 15) is 13.6 Å². The lowest BCUT2D eigenvalue weighted by Crippen LogP contribution is -2.37. The number of aromatic nitrogens is 1. The summed E-state index contributed by atoms with van der Waals surface area (Å²) in [5, 5.41) is 3.04. The van der Waals surface area contributed by atoms with Gasteiger partial charge >= 0.3 is 0 Å². The summed E-state index contributed by atoms with van der Waals surface area (Å²) in [6.07, 6.45) is 6.14. The molecule has 1 heterocycles. The molecule has 0 radical (unpaired) electrons. The van der Waals surface area contributed by atoms with Gasteiger partial charge in [-0.3, -0.25) is 4.79 Å². The quantitative estimate of drug-likeness (QED) is 0.879. The minimum atomic E-state index is -0.702. The number of carbonyl (C=O) groups is 1. The third-order valence-electron chi connectivity index (χ3n) is 4.71. The van der Waals surface area contributed by atoms with Crippen LogP contribution >= 0.6 is 0 Å². The van der Waals surface area contributed by atoms with Crippen LogP contribution in [-0.4, -0.2) is 16.9 Å². The largest absolute Gasteiger partial charge is 0.441 e. The predicted molar refractivity (Wildman–Crippen MR) is 89.7 cm³/mol. The maximum absolute atomic E-state index is 13.8. The maximum Gasteiger partial charge on any atom is 0.220 e. The van der Waals surface area contributed by atoms with Gasteiger partial charge in [0, 0.05) is 18.9 Å². The highest BCUT2D eigenvalue weighted by atomic mass is 19.1. The topological polar surface area (TPSA) is 55.1 Å². The number of amides is 1. The first-order valence-corrected chi connectivity index (χ1v) is 8.71. The highest BCUT2D eigenvalue weighted by Crippen LogP contribution is 2.27. The second-order valence-corrected chi connectivity index (χ2v) is 6.74. The molecule has 1 aliphatic carbocycles. The number of nitrogens with one attached hydrogen (secondary N) is 1. The first-order valence-electron chi connectivity index (χ1n) is 8.71. The van der Waals surface area contributed by atoms with Gasteiger partial charge in [0.2, 0.25) is 5.91 Å². The van der Waals surface area contributed by atoms with Crippen LogP contribution in [0.15, 0.2) is 28.8 Å². The summed E-state index contributed by atoms with van der Waals surface area (Å²) < 4.78 is 32.9. The van der Waals surface area contributed by atoms with Gasteiger partial charge in [-0.15, -0.1) is 0 Å². The third-order valence-corrected chi connectivity index (χ3v) is 4.71. The lowest BCUT2D eigenvalue weighted by molar-refractivity contribution is -0.122. The van der Waals surface area contributed by atoms with E-state index in [1.54, 1.807) is 0 Å². The molecular weight excluding hydrogens is 326 g/mol. The van der Waals surface area contributed by atoms with E-state index >= 15 is 0 Å². The molecule has 6 heteroatoms. The Kier molecular flexibility index (Phi) is 5.46. The number of nitrogens with zero attached hydrogens (tertiary/aromatic N) is 1. The summed E-state index contributed by atoms with van der Waals surface area (Å²) >= 11 is 0. The smallest absolute Gasteiger partial charge is 0.220 e. The van der Waals surface area contributed by atoms with Gasteiger partial charge in [0.25, 0.3) is 0 Å². The van der Waals surface area contributed by atoms with Gasteiger partial charge in [-0.1, -0.05) is 13.0 Å². The molecule has 4 nitrogen and oxygen atoms in total. The van der Waals surface area contributed by atoms with Crippen molar-refractivity contribution in [3.63, 3.8) is 0 Å². The number of hydrogen-bond acceptors (Lipinski definition) is 3. The average molecular weight is 348 g/mol. The number of carbonyl (C=O) groups excluding carboxylic acids is 1. The van der Waals surface area contributed by atoms with E-state index in [0.29, 0.717) is 12.3 Å². The number of aryl methyl sites for hydroxylation is 1. The van der Waals surface area contributed by atoms with Crippen molar-refractivity contribution in [2.75, 3.05) is 0 Å². The minimum absolute atomic E-state index is 0.0345. The summed E-state index contributed by atoms with van der Waals surface area (Å²) in [6.45, 7) is 2.23. The van der Waals surface area contributed by atoms with Crippen molar-refractivity contribution in [2.24, 2.45) is 5.92 Å². The van der Waals surface area contributed by atoms with Crippen LogP contribution in [0.3, 0.4) is 0 Å². The minimum Gasteiger partial charge on any atom is -0.441 e. The van der Waals surface area contributed by atoms with E-state index in [-0.39, 0.29) is 29.7 Å². The van der Waals surface area contributed by atoms with Crippen LogP contribution in [0.4, 0.5) is 8.78 Å². The molecule has 3 rings (SSSR count). The van der Waals surface area contributed by atoms with Gasteiger partial charge in [0.1, 0.15) is 11.6 Å². The number of benzene rings is 1. The highest BCUT2D eigenvalue weighted by Gasteiger charge is 2.20. The van der Waals surface area contributed by atoms with Crippen molar-refractivity contribution < 1.29 is 18.0 Å². The molecule has 25 heavy (non-hydrogen) atoms. The molecule has 0 bridgehead atoms. The van der Waals surface area contributed by atoms with Crippen molar-refractivity contribution in [1.82, 2.24) is 10.3 Å². The van der Waals surface area contributed by atoms with Crippen molar-refractivity contribution in [1.29, 1.82) is 0 Å². The molecule has 1 saturated carbocycles. The zero-order valence-electron chi connectivity index (χ0n) is 14.2. The first-order chi connectivity index (χ1) is 12.0. The second-order valence-electron chi connectivity index (χ2n) is 6.74. The van der Waals surface area contributed by atoms with Crippen molar-refractivity contribution in [3.8, 4) is 11.3 Å². The van der Waals surface area contributed by atoms with Crippen LogP contribution in [0.25, 0.3) is 11.3 Å². The first kappa shape index (κ1) is 17.6. The Morgan fingerprint density at radius 1 is 1.24 bits per heavy atom. The van der Waals surface area contributed by atoms with E-state index in [2.05, 4.69) is 17.2 Å². The second kappa shape index (κ2) is 7.76. The molecule has 1 aromatic heterocycles. The molecule has 1 aromatic carbocycles. The summed E-state index contributed by atoms with van der Waals surface area (Å²) in [6, 6.07) is 3.87. The summed E-state index contributed by atoms with van der Waals surface area (Å²) in [5.41, 5.74) is -0.234.